The van der Waals surface area contributed by atoms with Gasteiger partial charge in [-0.15, -0.1) is 0 Å². The number of benzene rings is 1. The molecule has 33 heavy (non-hydrogen) atoms. The van der Waals surface area contributed by atoms with Crippen LogP contribution in [0.15, 0.2) is 39.1 Å². The van der Waals surface area contributed by atoms with E-state index in [1.165, 1.54) is 21.3 Å². The van der Waals surface area contributed by atoms with E-state index in [0.717, 1.165) is 0 Å². The fraction of sp³-hybridized carbons (Fsp3) is 0.458. The van der Waals surface area contributed by atoms with Crippen molar-refractivity contribution in [3.8, 4) is 11.5 Å². The number of Topliss-reactive ketones (excluding diaryl/α,β-unsaturated/α-hetero) is 1. The maximum absolute atomic E-state index is 13.7. The van der Waals surface area contributed by atoms with E-state index >= 15 is 0 Å². The predicted octanol–water partition coefficient (Wildman–Crippen LogP) is 3.64. The van der Waals surface area contributed by atoms with E-state index in [1.807, 2.05) is 6.92 Å². The Morgan fingerprint density at radius 1 is 1.15 bits per heavy atom. The van der Waals surface area contributed by atoms with Crippen LogP contribution < -0.4 is 14.8 Å². The average Bonchev–Trinajstić information content (AvgIpc) is 2.77. The molecule has 0 aromatic heterocycles. The second kappa shape index (κ2) is 9.99. The van der Waals surface area contributed by atoms with Crippen LogP contribution >= 0.6 is 15.9 Å². The summed E-state index contributed by atoms with van der Waals surface area (Å²) in [5, 5.41) is 3.23. The Labute approximate surface area is 201 Å². The van der Waals surface area contributed by atoms with E-state index in [1.54, 1.807) is 26.0 Å². The molecular weight excluding hydrogens is 494 g/mol. The molecule has 1 aromatic carbocycles. The molecule has 1 N–H and O–H groups in total. The number of methoxy groups -OCH3 is 3. The maximum atomic E-state index is 13.7. The van der Waals surface area contributed by atoms with Crippen LogP contribution in [-0.2, 0) is 23.9 Å². The van der Waals surface area contributed by atoms with Crippen molar-refractivity contribution < 1.29 is 33.3 Å². The van der Waals surface area contributed by atoms with Crippen molar-refractivity contribution in [2.45, 2.75) is 33.1 Å². The van der Waals surface area contributed by atoms with E-state index in [2.05, 4.69) is 21.2 Å². The Hall–Kier alpha value is -2.81. The largest absolute Gasteiger partial charge is 0.493 e. The monoisotopic (exact) mass is 521 g/mol. The molecule has 3 rings (SSSR count). The number of hydrogen-bond donors (Lipinski definition) is 1. The first-order valence-corrected chi connectivity index (χ1v) is 11.4. The van der Waals surface area contributed by atoms with E-state index in [0.29, 0.717) is 50.5 Å². The molecule has 0 unspecified atom stereocenters. The quantitative estimate of drug-likeness (QED) is 0.447. The van der Waals surface area contributed by atoms with E-state index in [9.17, 15) is 14.4 Å². The highest BCUT2D eigenvalue weighted by Gasteiger charge is 2.47. The van der Waals surface area contributed by atoms with Crippen LogP contribution in [0.25, 0.3) is 0 Å². The van der Waals surface area contributed by atoms with Gasteiger partial charge in [-0.05, 0) is 43.9 Å². The first-order valence-electron chi connectivity index (χ1n) is 10.6. The molecule has 9 heteroatoms. The normalized spacial score (nSPS) is 22.4. The predicted molar refractivity (Wildman–Crippen MR) is 124 cm³/mol. The van der Waals surface area contributed by atoms with Crippen LogP contribution in [0.5, 0.6) is 11.5 Å². The van der Waals surface area contributed by atoms with Crippen molar-refractivity contribution in [3.63, 3.8) is 0 Å². The number of rotatable bonds is 6. The number of esters is 2. The Bertz CT molecular complexity index is 1060. The summed E-state index contributed by atoms with van der Waals surface area (Å²) in [6.07, 6.45) is 0.454. The van der Waals surface area contributed by atoms with Gasteiger partial charge >= 0.3 is 11.9 Å². The molecular formula is C24H28BrNO7. The molecule has 0 amide bonds. The van der Waals surface area contributed by atoms with Gasteiger partial charge in [0.1, 0.15) is 5.92 Å². The molecule has 2 aliphatic rings. The Morgan fingerprint density at radius 3 is 2.36 bits per heavy atom. The molecule has 0 radical (unpaired) electrons. The molecule has 0 saturated heterocycles. The van der Waals surface area contributed by atoms with Crippen molar-refractivity contribution in [3.05, 3.63) is 44.7 Å². The van der Waals surface area contributed by atoms with Crippen LogP contribution in [0.4, 0.5) is 0 Å². The standard InChI is InChI=1S/C24H28BrNO7/c1-7-33-24(29)19-12(3)26-15-8-11(2)18(23(28)32-6)22(27)21(15)20(19)13-9-16(30-4)17(31-5)10-14(13)25/h9-11,18,20,26H,7-8H2,1-6H3/t11-,18+,20+/m1/s1. The van der Waals surface area contributed by atoms with Crippen molar-refractivity contribution in [1.29, 1.82) is 0 Å². The summed E-state index contributed by atoms with van der Waals surface area (Å²) in [6, 6.07) is 3.46. The van der Waals surface area contributed by atoms with Gasteiger partial charge in [-0.2, -0.15) is 0 Å². The third-order valence-corrected chi connectivity index (χ3v) is 6.74. The lowest BCUT2D eigenvalue weighted by Crippen LogP contribution is -2.43. The zero-order valence-corrected chi connectivity index (χ0v) is 21.1. The summed E-state index contributed by atoms with van der Waals surface area (Å²) in [4.78, 5) is 39.3. The minimum Gasteiger partial charge on any atom is -0.493 e. The fourth-order valence-corrected chi connectivity index (χ4v) is 5.11. The van der Waals surface area contributed by atoms with Gasteiger partial charge in [0.05, 0.1) is 33.5 Å². The number of ether oxygens (including phenoxy) is 4. The lowest BCUT2D eigenvalue weighted by atomic mass is 9.69. The third-order valence-electron chi connectivity index (χ3n) is 6.05. The highest BCUT2D eigenvalue weighted by Crippen LogP contribution is 2.49. The molecule has 1 aliphatic carbocycles. The van der Waals surface area contributed by atoms with Gasteiger partial charge in [0.15, 0.2) is 17.3 Å². The number of nitrogens with one attached hydrogen (secondary N) is 1. The van der Waals surface area contributed by atoms with Crippen molar-refractivity contribution >= 4 is 33.7 Å². The van der Waals surface area contributed by atoms with Gasteiger partial charge in [-0.1, -0.05) is 22.9 Å². The van der Waals surface area contributed by atoms with Gasteiger partial charge in [0, 0.05) is 27.4 Å². The SMILES string of the molecule is CCOC(=O)C1=C(C)NC2=C(C(=O)[C@@H](C(=O)OC)[C@H](C)C2)[C@H]1c1cc(OC)c(OC)cc1Br. The molecule has 178 valence electrons. The first-order chi connectivity index (χ1) is 15.7. The van der Waals surface area contributed by atoms with Crippen molar-refractivity contribution in [2.24, 2.45) is 11.8 Å². The van der Waals surface area contributed by atoms with E-state index in [4.69, 9.17) is 18.9 Å². The number of halogens is 1. The Morgan fingerprint density at radius 2 is 1.79 bits per heavy atom. The molecule has 3 atom stereocenters. The number of carbonyl (C=O) groups is 3. The summed E-state index contributed by atoms with van der Waals surface area (Å²) in [5.41, 5.74) is 2.55. The van der Waals surface area contributed by atoms with Crippen molar-refractivity contribution in [2.75, 3.05) is 27.9 Å². The van der Waals surface area contributed by atoms with Crippen LogP contribution in [0, 0.1) is 11.8 Å². The van der Waals surface area contributed by atoms with Gasteiger partial charge in [0.2, 0.25) is 0 Å². The first kappa shape index (κ1) is 24.8. The average molecular weight is 522 g/mol. The van der Waals surface area contributed by atoms with Crippen molar-refractivity contribution in [1.82, 2.24) is 5.32 Å². The van der Waals surface area contributed by atoms with Crippen LogP contribution in [0.1, 0.15) is 38.7 Å². The lowest BCUT2D eigenvalue weighted by molar-refractivity contribution is -0.151. The Kier molecular flexibility index (Phi) is 7.51. The maximum Gasteiger partial charge on any atom is 0.336 e. The van der Waals surface area contributed by atoms with E-state index in [-0.39, 0.29) is 18.3 Å². The van der Waals surface area contributed by atoms with Crippen LogP contribution in [-0.4, -0.2) is 45.7 Å². The molecule has 0 saturated carbocycles. The minimum atomic E-state index is -0.959. The summed E-state index contributed by atoms with van der Waals surface area (Å²) >= 11 is 3.57. The number of dihydropyridines is 1. The van der Waals surface area contributed by atoms with Gasteiger partial charge in [-0.25, -0.2) is 4.79 Å². The number of hydrogen-bond acceptors (Lipinski definition) is 8. The van der Waals surface area contributed by atoms with Gasteiger partial charge in [0.25, 0.3) is 0 Å². The zero-order valence-electron chi connectivity index (χ0n) is 19.5. The second-order valence-electron chi connectivity index (χ2n) is 7.98. The van der Waals surface area contributed by atoms with E-state index < -0.39 is 23.8 Å². The molecule has 8 nitrogen and oxygen atoms in total. The summed E-state index contributed by atoms with van der Waals surface area (Å²) in [6.45, 7) is 5.51. The molecule has 1 heterocycles. The van der Waals surface area contributed by atoms with Crippen LogP contribution in [0.2, 0.25) is 0 Å². The fourth-order valence-electron chi connectivity index (χ4n) is 4.56. The highest BCUT2D eigenvalue weighted by atomic mass is 79.9. The number of allylic oxidation sites excluding steroid dienone is 3. The molecule has 0 fully saturated rings. The summed E-state index contributed by atoms with van der Waals surface area (Å²) in [7, 11) is 4.30. The molecule has 1 aliphatic heterocycles. The lowest BCUT2D eigenvalue weighted by Gasteiger charge is -2.38. The van der Waals surface area contributed by atoms with Crippen LogP contribution in [0.3, 0.4) is 0 Å². The molecule has 1 aromatic rings. The molecule has 0 bridgehead atoms. The van der Waals surface area contributed by atoms with Gasteiger partial charge in [-0.3, -0.25) is 9.59 Å². The van der Waals surface area contributed by atoms with Gasteiger partial charge < -0.3 is 24.3 Å². The zero-order chi connectivity index (χ0) is 24.4. The summed E-state index contributed by atoms with van der Waals surface area (Å²) in [5.74, 6) is -2.56. The minimum absolute atomic E-state index is 0.178. The number of ketones is 1. The highest BCUT2D eigenvalue weighted by molar-refractivity contribution is 9.10. The smallest absolute Gasteiger partial charge is 0.336 e. The number of carbonyl (C=O) groups excluding carboxylic acids is 3. The Balaban J connectivity index is 2.28. The topological polar surface area (TPSA) is 100 Å². The second-order valence-corrected chi connectivity index (χ2v) is 8.84. The third kappa shape index (κ3) is 4.38. The summed E-state index contributed by atoms with van der Waals surface area (Å²) < 4.78 is 21.8. The molecule has 0 spiro atoms.